The molecular formula is C14H20F3N3O. The predicted molar refractivity (Wildman–Crippen MR) is 74.5 cm³/mol. The number of nitrogens with two attached hydrogens (primary N) is 1. The summed E-state index contributed by atoms with van der Waals surface area (Å²) in [6.45, 7) is 0.891. The minimum absolute atomic E-state index is 0.167. The Bertz CT molecular complexity index is 464. The third kappa shape index (κ3) is 4.71. The van der Waals surface area contributed by atoms with Gasteiger partial charge in [-0.25, -0.2) is 0 Å². The zero-order valence-electron chi connectivity index (χ0n) is 12.1. The molecule has 1 unspecified atom stereocenters. The number of halogens is 3. The number of primary amides is 1. The topological polar surface area (TPSA) is 58.4 Å². The monoisotopic (exact) mass is 303 g/mol. The van der Waals surface area contributed by atoms with Crippen LogP contribution in [0, 0.1) is 0 Å². The zero-order chi connectivity index (χ0) is 16.1. The number of amides is 1. The second-order valence-electron chi connectivity index (χ2n) is 4.95. The molecule has 0 spiro atoms. The third-order valence-corrected chi connectivity index (χ3v) is 3.12. The molecule has 118 valence electrons. The minimum atomic E-state index is -4.33. The van der Waals surface area contributed by atoms with Crippen molar-refractivity contribution in [2.24, 2.45) is 5.73 Å². The van der Waals surface area contributed by atoms with Gasteiger partial charge < -0.3 is 5.73 Å². The molecule has 1 atom stereocenters. The average molecular weight is 303 g/mol. The van der Waals surface area contributed by atoms with Crippen LogP contribution in [0.1, 0.15) is 12.5 Å². The number of carbonyl (C=O) groups excluding carboxylic acids is 1. The van der Waals surface area contributed by atoms with Crippen molar-refractivity contribution in [3.8, 4) is 0 Å². The van der Waals surface area contributed by atoms with Crippen LogP contribution in [0.25, 0.3) is 0 Å². The standard InChI is InChI=1S/C14H20F3N3O/c1-3-19-13(12(18)21,11-7-5-4-6-8-11)9-20(2)10-14(15,16)17/h4-8,19H,3,9-10H2,1-2H3,(H2,18,21). The van der Waals surface area contributed by atoms with Crippen molar-refractivity contribution in [1.82, 2.24) is 10.2 Å². The van der Waals surface area contributed by atoms with Crippen molar-refractivity contribution in [1.29, 1.82) is 0 Å². The summed E-state index contributed by atoms with van der Waals surface area (Å²) >= 11 is 0. The van der Waals surface area contributed by atoms with E-state index >= 15 is 0 Å². The van der Waals surface area contributed by atoms with Gasteiger partial charge in [-0.2, -0.15) is 13.2 Å². The van der Waals surface area contributed by atoms with Crippen LogP contribution in [0.5, 0.6) is 0 Å². The summed E-state index contributed by atoms with van der Waals surface area (Å²) in [6.07, 6.45) is -4.33. The molecule has 0 aliphatic rings. The van der Waals surface area contributed by atoms with Crippen LogP contribution in [0.4, 0.5) is 13.2 Å². The SMILES string of the molecule is CCNC(CN(C)CC(F)(F)F)(C(N)=O)c1ccccc1. The number of benzene rings is 1. The van der Waals surface area contributed by atoms with Crippen LogP contribution < -0.4 is 11.1 Å². The van der Waals surface area contributed by atoms with Crippen molar-refractivity contribution in [3.05, 3.63) is 35.9 Å². The number of alkyl halides is 3. The molecule has 0 radical (unpaired) electrons. The Morgan fingerprint density at radius 3 is 2.24 bits per heavy atom. The van der Waals surface area contributed by atoms with Crippen LogP contribution in [-0.2, 0) is 10.3 Å². The van der Waals surface area contributed by atoms with E-state index in [-0.39, 0.29) is 6.54 Å². The summed E-state index contributed by atoms with van der Waals surface area (Å²) in [5.41, 5.74) is 4.69. The van der Waals surface area contributed by atoms with E-state index < -0.39 is 24.2 Å². The molecule has 21 heavy (non-hydrogen) atoms. The van der Waals surface area contributed by atoms with Crippen LogP contribution in [0.2, 0.25) is 0 Å². The number of nitrogens with zero attached hydrogens (tertiary/aromatic N) is 1. The Morgan fingerprint density at radius 1 is 1.24 bits per heavy atom. The van der Waals surface area contributed by atoms with E-state index in [2.05, 4.69) is 5.32 Å². The first-order chi connectivity index (χ1) is 9.71. The molecule has 1 aromatic rings. The smallest absolute Gasteiger partial charge is 0.368 e. The van der Waals surface area contributed by atoms with Gasteiger partial charge in [0, 0.05) is 6.54 Å². The van der Waals surface area contributed by atoms with Gasteiger partial charge in [-0.05, 0) is 19.2 Å². The highest BCUT2D eigenvalue weighted by molar-refractivity contribution is 5.86. The lowest BCUT2D eigenvalue weighted by atomic mass is 9.88. The number of rotatable bonds is 7. The van der Waals surface area contributed by atoms with Gasteiger partial charge >= 0.3 is 6.18 Å². The van der Waals surface area contributed by atoms with E-state index in [4.69, 9.17) is 5.73 Å². The second-order valence-corrected chi connectivity index (χ2v) is 4.95. The van der Waals surface area contributed by atoms with Crippen LogP contribution in [0.15, 0.2) is 30.3 Å². The number of carbonyl (C=O) groups is 1. The summed E-state index contributed by atoms with van der Waals surface area (Å²) in [6, 6.07) is 8.55. The second kappa shape index (κ2) is 6.91. The maximum atomic E-state index is 12.5. The van der Waals surface area contributed by atoms with Gasteiger partial charge in [0.05, 0.1) is 6.54 Å². The maximum absolute atomic E-state index is 12.5. The Morgan fingerprint density at radius 2 is 1.81 bits per heavy atom. The lowest BCUT2D eigenvalue weighted by Gasteiger charge is -2.36. The third-order valence-electron chi connectivity index (χ3n) is 3.12. The van der Waals surface area contributed by atoms with Gasteiger partial charge in [-0.15, -0.1) is 0 Å². The molecule has 0 fully saturated rings. The first-order valence-corrected chi connectivity index (χ1v) is 6.57. The van der Waals surface area contributed by atoms with Crippen LogP contribution in [-0.4, -0.2) is 43.7 Å². The number of likely N-dealkylation sites (N-methyl/N-ethyl adjacent to an activating group) is 2. The van der Waals surface area contributed by atoms with Crippen LogP contribution >= 0.6 is 0 Å². The van der Waals surface area contributed by atoms with Crippen molar-refractivity contribution in [2.75, 3.05) is 26.7 Å². The fraction of sp³-hybridized carbons (Fsp3) is 0.500. The molecule has 0 bridgehead atoms. The molecule has 0 aromatic heterocycles. The van der Waals surface area contributed by atoms with E-state index in [0.29, 0.717) is 12.1 Å². The largest absolute Gasteiger partial charge is 0.401 e. The molecule has 7 heteroatoms. The van der Waals surface area contributed by atoms with Gasteiger partial charge in [0.25, 0.3) is 0 Å². The lowest BCUT2D eigenvalue weighted by Crippen LogP contribution is -2.59. The minimum Gasteiger partial charge on any atom is -0.368 e. The highest BCUT2D eigenvalue weighted by Crippen LogP contribution is 2.24. The quantitative estimate of drug-likeness (QED) is 0.802. The maximum Gasteiger partial charge on any atom is 0.401 e. The van der Waals surface area contributed by atoms with Crippen molar-refractivity contribution in [2.45, 2.75) is 18.6 Å². The van der Waals surface area contributed by atoms with E-state index in [0.717, 1.165) is 4.90 Å². The molecule has 1 aromatic carbocycles. The summed E-state index contributed by atoms with van der Waals surface area (Å²) in [5, 5.41) is 2.94. The van der Waals surface area contributed by atoms with E-state index in [1.807, 2.05) is 0 Å². The first kappa shape index (κ1) is 17.5. The molecule has 1 rings (SSSR count). The Kier molecular flexibility index (Phi) is 5.74. The van der Waals surface area contributed by atoms with Gasteiger partial charge in [-0.1, -0.05) is 37.3 Å². The van der Waals surface area contributed by atoms with Crippen LogP contribution in [0.3, 0.4) is 0 Å². The average Bonchev–Trinajstić information content (AvgIpc) is 2.36. The highest BCUT2D eigenvalue weighted by atomic mass is 19.4. The Balaban J connectivity index is 3.10. The zero-order valence-corrected chi connectivity index (χ0v) is 12.1. The fourth-order valence-electron chi connectivity index (χ4n) is 2.35. The van der Waals surface area contributed by atoms with Crippen molar-refractivity contribution >= 4 is 5.91 Å². The van der Waals surface area contributed by atoms with Crippen molar-refractivity contribution < 1.29 is 18.0 Å². The number of hydrogen-bond acceptors (Lipinski definition) is 3. The summed E-state index contributed by atoms with van der Waals surface area (Å²) < 4.78 is 37.5. The fourth-order valence-corrected chi connectivity index (χ4v) is 2.35. The number of hydrogen-bond donors (Lipinski definition) is 2. The summed E-state index contributed by atoms with van der Waals surface area (Å²) in [4.78, 5) is 13.0. The lowest BCUT2D eigenvalue weighted by molar-refractivity contribution is -0.147. The molecule has 4 nitrogen and oxygen atoms in total. The summed E-state index contributed by atoms with van der Waals surface area (Å²) in [7, 11) is 1.31. The van der Waals surface area contributed by atoms with Gasteiger partial charge in [-0.3, -0.25) is 15.0 Å². The molecule has 1 amide bonds. The molecule has 0 saturated carbocycles. The molecule has 0 aliphatic carbocycles. The van der Waals surface area contributed by atoms with Gasteiger partial charge in [0.1, 0.15) is 5.54 Å². The van der Waals surface area contributed by atoms with E-state index in [9.17, 15) is 18.0 Å². The highest BCUT2D eigenvalue weighted by Gasteiger charge is 2.41. The summed E-state index contributed by atoms with van der Waals surface area (Å²) in [5.74, 6) is -0.704. The molecule has 0 heterocycles. The molecular weight excluding hydrogens is 283 g/mol. The molecule has 3 N–H and O–H groups in total. The van der Waals surface area contributed by atoms with E-state index in [1.54, 1.807) is 37.3 Å². The van der Waals surface area contributed by atoms with E-state index in [1.165, 1.54) is 7.05 Å². The van der Waals surface area contributed by atoms with Gasteiger partial charge in [0.15, 0.2) is 0 Å². The normalized spacial score (nSPS) is 15.0. The predicted octanol–water partition coefficient (Wildman–Crippen LogP) is 1.47. The number of nitrogens with one attached hydrogen (secondary N) is 1. The Hall–Kier alpha value is -1.60. The van der Waals surface area contributed by atoms with Gasteiger partial charge in [0.2, 0.25) is 5.91 Å². The first-order valence-electron chi connectivity index (χ1n) is 6.57. The molecule has 0 saturated heterocycles. The molecule has 0 aliphatic heterocycles. The Labute approximate surface area is 122 Å². The van der Waals surface area contributed by atoms with Crippen molar-refractivity contribution in [3.63, 3.8) is 0 Å².